The van der Waals surface area contributed by atoms with Gasteiger partial charge in [0.2, 0.25) is 0 Å². The third-order valence-electron chi connectivity index (χ3n) is 6.39. The number of carbonyl (C=O) groups excluding carboxylic acids is 2. The highest BCUT2D eigenvalue weighted by Crippen LogP contribution is 2.63. The van der Waals surface area contributed by atoms with E-state index in [1.54, 1.807) is 0 Å². The van der Waals surface area contributed by atoms with Crippen LogP contribution in [-0.4, -0.2) is 18.4 Å². The van der Waals surface area contributed by atoms with Crippen LogP contribution in [0.4, 0.5) is 0 Å². The van der Waals surface area contributed by atoms with Crippen LogP contribution < -0.4 is 0 Å². The molecule has 0 aromatic rings. The van der Waals surface area contributed by atoms with Gasteiger partial charge in [-0.2, -0.15) is 0 Å². The smallest absolute Gasteiger partial charge is 0.330 e. The lowest BCUT2D eigenvalue weighted by atomic mass is 9.71. The lowest BCUT2D eigenvalue weighted by molar-refractivity contribution is -0.139. The SMILES string of the molecule is C=CC(=O)CCC1CC2CC1C1C(COC(=O)C=C)CCC21. The van der Waals surface area contributed by atoms with Crippen LogP contribution >= 0.6 is 0 Å². The van der Waals surface area contributed by atoms with Gasteiger partial charge in [-0.25, -0.2) is 4.79 Å². The molecule has 0 amide bonds. The fourth-order valence-corrected chi connectivity index (χ4v) is 5.59. The number of fused-ring (bicyclic) bond motifs is 5. The zero-order chi connectivity index (χ0) is 15.7. The summed E-state index contributed by atoms with van der Waals surface area (Å²) in [4.78, 5) is 22.8. The lowest BCUT2D eigenvalue weighted by Crippen LogP contribution is -2.30. The summed E-state index contributed by atoms with van der Waals surface area (Å²) in [5, 5.41) is 0. The maximum atomic E-state index is 11.5. The number of hydrogen-bond acceptors (Lipinski definition) is 3. The van der Waals surface area contributed by atoms with E-state index in [2.05, 4.69) is 13.2 Å². The second-order valence-corrected chi connectivity index (χ2v) is 7.28. The normalized spacial score (nSPS) is 38.5. The first kappa shape index (κ1) is 15.5. The van der Waals surface area contributed by atoms with E-state index in [0.717, 1.165) is 24.2 Å². The number of ketones is 1. The van der Waals surface area contributed by atoms with E-state index in [-0.39, 0.29) is 11.8 Å². The molecule has 3 saturated carbocycles. The Hall–Kier alpha value is -1.38. The van der Waals surface area contributed by atoms with Crippen LogP contribution in [0.25, 0.3) is 0 Å². The zero-order valence-corrected chi connectivity index (χ0v) is 13.2. The van der Waals surface area contributed by atoms with Gasteiger partial charge in [0, 0.05) is 12.5 Å². The first-order chi connectivity index (χ1) is 10.6. The summed E-state index contributed by atoms with van der Waals surface area (Å²) >= 11 is 0. The Bertz CT molecular complexity index is 481. The summed E-state index contributed by atoms with van der Waals surface area (Å²) in [6, 6.07) is 0. The van der Waals surface area contributed by atoms with Crippen molar-refractivity contribution >= 4 is 11.8 Å². The molecule has 120 valence electrons. The highest BCUT2D eigenvalue weighted by Gasteiger charge is 2.56. The molecule has 0 saturated heterocycles. The van der Waals surface area contributed by atoms with Crippen molar-refractivity contribution in [3.05, 3.63) is 25.3 Å². The van der Waals surface area contributed by atoms with E-state index in [9.17, 15) is 9.59 Å². The fraction of sp³-hybridized carbons (Fsp3) is 0.684. The predicted molar refractivity (Wildman–Crippen MR) is 85.0 cm³/mol. The third kappa shape index (κ3) is 2.78. The molecule has 3 rings (SSSR count). The molecule has 22 heavy (non-hydrogen) atoms. The molecule has 0 aromatic carbocycles. The Morgan fingerprint density at radius 1 is 1.05 bits per heavy atom. The van der Waals surface area contributed by atoms with Crippen molar-refractivity contribution in [2.45, 2.75) is 38.5 Å². The molecule has 6 unspecified atom stereocenters. The summed E-state index contributed by atoms with van der Waals surface area (Å²) < 4.78 is 5.32. The topological polar surface area (TPSA) is 43.4 Å². The van der Waals surface area contributed by atoms with Gasteiger partial charge in [-0.3, -0.25) is 4.79 Å². The Morgan fingerprint density at radius 2 is 1.86 bits per heavy atom. The monoisotopic (exact) mass is 302 g/mol. The number of allylic oxidation sites excluding steroid dienone is 1. The van der Waals surface area contributed by atoms with Gasteiger partial charge in [-0.05, 0) is 73.7 Å². The molecule has 3 fully saturated rings. The first-order valence-corrected chi connectivity index (χ1v) is 8.58. The van der Waals surface area contributed by atoms with Gasteiger partial charge in [-0.1, -0.05) is 13.2 Å². The highest BCUT2D eigenvalue weighted by atomic mass is 16.5. The molecule has 0 radical (unpaired) electrons. The van der Waals surface area contributed by atoms with Gasteiger partial charge in [0.05, 0.1) is 6.61 Å². The van der Waals surface area contributed by atoms with Crippen LogP contribution in [0.5, 0.6) is 0 Å². The summed E-state index contributed by atoms with van der Waals surface area (Å²) in [6.07, 6.45) is 9.45. The fourth-order valence-electron chi connectivity index (χ4n) is 5.59. The minimum absolute atomic E-state index is 0.169. The minimum atomic E-state index is -0.306. The van der Waals surface area contributed by atoms with Crippen molar-refractivity contribution in [3.63, 3.8) is 0 Å². The maximum absolute atomic E-state index is 11.5. The largest absolute Gasteiger partial charge is 0.462 e. The van der Waals surface area contributed by atoms with Crippen molar-refractivity contribution in [2.75, 3.05) is 6.61 Å². The van der Waals surface area contributed by atoms with Crippen LogP contribution in [0, 0.1) is 35.5 Å². The Labute approximate surface area is 132 Å². The van der Waals surface area contributed by atoms with Gasteiger partial charge in [0.25, 0.3) is 0 Å². The summed E-state index contributed by atoms with van der Waals surface area (Å²) in [5.74, 6) is 4.19. The lowest BCUT2D eigenvalue weighted by Gasteiger charge is -2.34. The van der Waals surface area contributed by atoms with Gasteiger partial charge >= 0.3 is 5.97 Å². The maximum Gasteiger partial charge on any atom is 0.330 e. The molecule has 6 atom stereocenters. The molecule has 0 spiro atoms. The first-order valence-electron chi connectivity index (χ1n) is 8.58. The number of hydrogen-bond donors (Lipinski definition) is 0. The van der Waals surface area contributed by atoms with Crippen molar-refractivity contribution in [3.8, 4) is 0 Å². The molecular formula is C19H26O3. The van der Waals surface area contributed by atoms with Crippen molar-refractivity contribution in [2.24, 2.45) is 35.5 Å². The molecule has 0 aromatic heterocycles. The van der Waals surface area contributed by atoms with Crippen molar-refractivity contribution < 1.29 is 14.3 Å². The van der Waals surface area contributed by atoms with Gasteiger partial charge in [0.1, 0.15) is 0 Å². The number of ether oxygens (including phenoxy) is 1. The van der Waals surface area contributed by atoms with Crippen LogP contribution in [0.2, 0.25) is 0 Å². The Balaban J connectivity index is 1.59. The predicted octanol–water partition coefficient (Wildman–Crippen LogP) is 3.55. The van der Waals surface area contributed by atoms with Gasteiger partial charge in [-0.15, -0.1) is 0 Å². The Kier molecular flexibility index (Phi) is 4.51. The average molecular weight is 302 g/mol. The molecule has 3 aliphatic carbocycles. The Morgan fingerprint density at radius 3 is 2.59 bits per heavy atom. The van der Waals surface area contributed by atoms with Crippen LogP contribution in [0.15, 0.2) is 25.3 Å². The minimum Gasteiger partial charge on any atom is -0.462 e. The van der Waals surface area contributed by atoms with Gasteiger partial charge in [0.15, 0.2) is 5.78 Å². The molecule has 0 N–H and O–H groups in total. The molecule has 3 nitrogen and oxygen atoms in total. The van der Waals surface area contributed by atoms with Crippen molar-refractivity contribution in [1.82, 2.24) is 0 Å². The zero-order valence-electron chi connectivity index (χ0n) is 13.2. The number of esters is 1. The number of rotatable bonds is 7. The highest BCUT2D eigenvalue weighted by molar-refractivity contribution is 5.88. The summed E-state index contributed by atoms with van der Waals surface area (Å²) in [6.45, 7) is 7.57. The second kappa shape index (κ2) is 6.39. The summed E-state index contributed by atoms with van der Waals surface area (Å²) in [5.41, 5.74) is 0. The number of carbonyl (C=O) groups is 2. The van der Waals surface area contributed by atoms with E-state index >= 15 is 0 Å². The summed E-state index contributed by atoms with van der Waals surface area (Å²) in [7, 11) is 0. The van der Waals surface area contributed by atoms with Crippen LogP contribution in [0.1, 0.15) is 38.5 Å². The van der Waals surface area contributed by atoms with E-state index in [4.69, 9.17) is 4.74 Å². The average Bonchev–Trinajstić information content (AvgIpc) is 3.21. The quantitative estimate of drug-likeness (QED) is 0.533. The van der Waals surface area contributed by atoms with Crippen molar-refractivity contribution in [1.29, 1.82) is 0 Å². The van der Waals surface area contributed by atoms with E-state index in [1.165, 1.54) is 37.8 Å². The molecule has 3 aliphatic rings. The van der Waals surface area contributed by atoms with Crippen LogP contribution in [0.3, 0.4) is 0 Å². The molecule has 0 aliphatic heterocycles. The van der Waals surface area contributed by atoms with E-state index in [1.807, 2.05) is 0 Å². The van der Waals surface area contributed by atoms with E-state index < -0.39 is 0 Å². The van der Waals surface area contributed by atoms with Crippen LogP contribution in [-0.2, 0) is 14.3 Å². The molecule has 2 bridgehead atoms. The third-order valence-corrected chi connectivity index (χ3v) is 6.39. The second-order valence-electron chi connectivity index (χ2n) is 7.28. The molecular weight excluding hydrogens is 276 g/mol. The molecule has 3 heteroatoms. The van der Waals surface area contributed by atoms with Gasteiger partial charge < -0.3 is 4.74 Å². The molecule has 0 heterocycles. The van der Waals surface area contributed by atoms with E-state index in [0.29, 0.717) is 30.8 Å². The standard InChI is InChI=1S/C19H26O3/c1-3-15(20)7-5-12-9-14-10-17(12)19-13(6-8-16(14)19)11-22-18(21)4-2/h3-4,12-14,16-17,19H,1-2,5-11H2.